The second kappa shape index (κ2) is 10.6. The van der Waals surface area contributed by atoms with Gasteiger partial charge in [-0.2, -0.15) is 0 Å². The van der Waals surface area contributed by atoms with Crippen molar-refractivity contribution in [3.63, 3.8) is 0 Å². The predicted molar refractivity (Wildman–Crippen MR) is 156 cm³/mol. The highest BCUT2D eigenvalue weighted by Crippen LogP contribution is 2.62. The Morgan fingerprint density at radius 3 is 2.27 bits per heavy atom. The molecule has 5 aliphatic rings. The summed E-state index contributed by atoms with van der Waals surface area (Å²) >= 11 is 0. The minimum Gasteiger partial charge on any atom is -0.483 e. The van der Waals surface area contributed by atoms with Gasteiger partial charge in [0, 0.05) is 5.92 Å². The van der Waals surface area contributed by atoms with Gasteiger partial charge in [-0.1, -0.05) is 54.6 Å². The molecule has 4 atom stereocenters. The lowest BCUT2D eigenvalue weighted by atomic mass is 9.48. The van der Waals surface area contributed by atoms with E-state index in [1.807, 2.05) is 73.7 Å². The molecule has 5 saturated carbocycles. The first-order chi connectivity index (χ1) is 19.1. The van der Waals surface area contributed by atoms with E-state index in [9.17, 15) is 20.1 Å². The van der Waals surface area contributed by atoms with Crippen LogP contribution in [0.2, 0.25) is 0 Å². The molecule has 40 heavy (non-hydrogen) atoms. The Labute approximate surface area is 238 Å². The molecule has 0 spiro atoms. The summed E-state index contributed by atoms with van der Waals surface area (Å²) in [7, 11) is 0. The lowest BCUT2D eigenvalue weighted by Crippen LogP contribution is -2.50. The maximum atomic E-state index is 12.1. The smallest absolute Gasteiger partial charge is 0.307 e. The molecule has 5 heteroatoms. The van der Waals surface area contributed by atoms with Crippen LogP contribution >= 0.6 is 0 Å². The van der Waals surface area contributed by atoms with E-state index in [0.717, 1.165) is 35.3 Å². The molecule has 0 aliphatic heterocycles. The molecule has 5 aliphatic carbocycles. The number of hydrogen-bond acceptors (Lipinski definition) is 4. The summed E-state index contributed by atoms with van der Waals surface area (Å²) in [5.74, 6) is 1.87. The van der Waals surface area contributed by atoms with Crippen LogP contribution in [0.5, 0.6) is 5.75 Å². The van der Waals surface area contributed by atoms with Gasteiger partial charge in [0.05, 0.1) is 18.1 Å². The summed E-state index contributed by atoms with van der Waals surface area (Å²) in [5.41, 5.74) is 0.123. The molecular formula is C35H44O5. The summed E-state index contributed by atoms with van der Waals surface area (Å²) in [6.45, 7) is 1.87. The van der Waals surface area contributed by atoms with Gasteiger partial charge in [0.25, 0.3) is 0 Å². The van der Waals surface area contributed by atoms with Crippen LogP contribution in [-0.2, 0) is 4.79 Å². The average molecular weight is 545 g/mol. The summed E-state index contributed by atoms with van der Waals surface area (Å²) in [6, 6.07) is 17.6. The van der Waals surface area contributed by atoms with Crippen LogP contribution in [0.3, 0.4) is 0 Å². The summed E-state index contributed by atoms with van der Waals surface area (Å²) in [5, 5.41) is 32.5. The Balaban J connectivity index is 1.19. The first-order valence-electron chi connectivity index (χ1n) is 15.3. The lowest BCUT2D eigenvalue weighted by Gasteiger charge is -2.57. The van der Waals surface area contributed by atoms with E-state index in [2.05, 4.69) is 0 Å². The largest absolute Gasteiger partial charge is 0.483 e. The molecule has 0 aromatic heterocycles. The van der Waals surface area contributed by atoms with Gasteiger partial charge in [-0.25, -0.2) is 0 Å². The van der Waals surface area contributed by atoms with Crippen molar-refractivity contribution in [1.29, 1.82) is 0 Å². The van der Waals surface area contributed by atoms with E-state index >= 15 is 0 Å². The average Bonchev–Trinajstić information content (AvgIpc) is 3.20. The zero-order chi connectivity index (χ0) is 28.0. The van der Waals surface area contributed by atoms with Crippen LogP contribution in [0.25, 0.3) is 11.1 Å². The Morgan fingerprint density at radius 1 is 0.975 bits per heavy atom. The predicted octanol–water partition coefficient (Wildman–Crippen LogP) is 7.02. The van der Waals surface area contributed by atoms with Crippen molar-refractivity contribution in [2.24, 2.45) is 29.1 Å². The number of hydrogen-bond donors (Lipinski definition) is 3. The number of rotatable bonds is 10. The van der Waals surface area contributed by atoms with Crippen molar-refractivity contribution in [3.05, 3.63) is 66.7 Å². The first kappa shape index (κ1) is 27.5. The van der Waals surface area contributed by atoms with Gasteiger partial charge in [0.2, 0.25) is 0 Å². The van der Waals surface area contributed by atoms with Gasteiger partial charge < -0.3 is 20.1 Å². The lowest BCUT2D eigenvalue weighted by molar-refractivity contribution is -0.146. The third kappa shape index (κ3) is 5.60. The summed E-state index contributed by atoms with van der Waals surface area (Å²) in [6.07, 6.45) is 13.6. The van der Waals surface area contributed by atoms with Crippen LogP contribution < -0.4 is 4.74 Å². The summed E-state index contributed by atoms with van der Waals surface area (Å²) in [4.78, 5) is 12.1. The zero-order valence-electron chi connectivity index (χ0n) is 23.7. The monoisotopic (exact) mass is 544 g/mol. The quantitative estimate of drug-likeness (QED) is 0.280. The second-order valence-corrected chi connectivity index (χ2v) is 13.9. The zero-order valence-corrected chi connectivity index (χ0v) is 23.7. The van der Waals surface area contributed by atoms with Crippen molar-refractivity contribution in [1.82, 2.24) is 0 Å². The molecular weight excluding hydrogens is 500 g/mol. The van der Waals surface area contributed by atoms with Crippen LogP contribution in [-0.4, -0.2) is 38.6 Å². The Hall–Kier alpha value is -2.63. The van der Waals surface area contributed by atoms with Gasteiger partial charge in [-0.05, 0) is 118 Å². The van der Waals surface area contributed by atoms with Crippen molar-refractivity contribution < 1.29 is 24.9 Å². The molecule has 0 amide bonds. The molecule has 0 radical (unpaired) electrons. The highest BCUT2D eigenvalue weighted by molar-refractivity contribution is 5.69. The number of carboxylic acids is 1. The van der Waals surface area contributed by atoms with E-state index in [0.29, 0.717) is 30.4 Å². The van der Waals surface area contributed by atoms with Gasteiger partial charge in [0.15, 0.2) is 5.60 Å². The Morgan fingerprint density at radius 2 is 1.62 bits per heavy atom. The van der Waals surface area contributed by atoms with Crippen molar-refractivity contribution in [2.75, 3.05) is 0 Å². The maximum absolute atomic E-state index is 12.1. The van der Waals surface area contributed by atoms with E-state index < -0.39 is 23.3 Å². The molecule has 5 fully saturated rings. The third-order valence-electron chi connectivity index (χ3n) is 10.6. The standard InChI is InChI=1S/C35H44O5/c1-33(39,14-15-34-20-24-16-25(21-34)18-26(17-24)22-34)13-12-29-10-11-31(36)35(29,23-32(37)38)40-30-9-5-8-28(19-30)27-6-3-2-4-7-27/h2-9,12-13,19,24-26,29,31,36,39H,10-11,14-18,20-23H2,1H3,(H,37,38). The molecule has 2 aromatic rings. The molecule has 214 valence electrons. The van der Waals surface area contributed by atoms with Crippen LogP contribution in [0, 0.1) is 29.1 Å². The molecule has 0 saturated heterocycles. The van der Waals surface area contributed by atoms with Gasteiger partial charge in [-0.3, -0.25) is 4.79 Å². The number of carboxylic acid groups (broad SMARTS) is 1. The normalized spacial score (nSPS) is 36.1. The first-order valence-corrected chi connectivity index (χ1v) is 15.3. The highest BCUT2D eigenvalue weighted by Gasteiger charge is 2.53. The van der Waals surface area contributed by atoms with Gasteiger partial charge in [-0.15, -0.1) is 0 Å². The number of aliphatic hydroxyl groups is 2. The molecule has 4 unspecified atom stereocenters. The van der Waals surface area contributed by atoms with E-state index in [-0.39, 0.29) is 12.3 Å². The van der Waals surface area contributed by atoms with Crippen molar-refractivity contribution in [2.45, 2.75) is 94.9 Å². The van der Waals surface area contributed by atoms with Crippen molar-refractivity contribution >= 4 is 5.97 Å². The van der Waals surface area contributed by atoms with Crippen molar-refractivity contribution in [3.8, 4) is 16.9 Å². The Bertz CT molecular complexity index is 1200. The molecule has 7 rings (SSSR count). The number of aliphatic hydroxyl groups excluding tert-OH is 1. The Kier molecular flexibility index (Phi) is 7.33. The minimum atomic E-state index is -1.30. The molecule has 2 aromatic carbocycles. The fraction of sp³-hybridized carbons (Fsp3) is 0.571. The maximum Gasteiger partial charge on any atom is 0.307 e. The van der Waals surface area contributed by atoms with Crippen LogP contribution in [0.15, 0.2) is 66.7 Å². The SMILES string of the molecule is CC(O)(C=CC1CCC(O)C1(CC(=O)O)Oc1cccc(-c2ccccc2)c1)CCC12CC3CC(CC(C3)C1)C2. The number of carbonyl (C=O) groups is 1. The molecule has 5 nitrogen and oxygen atoms in total. The van der Waals surface area contributed by atoms with E-state index in [1.54, 1.807) is 0 Å². The van der Waals surface area contributed by atoms with Gasteiger partial charge in [0.1, 0.15) is 5.75 Å². The van der Waals surface area contributed by atoms with E-state index in [1.165, 1.54) is 38.5 Å². The fourth-order valence-electron chi connectivity index (χ4n) is 9.11. The third-order valence-corrected chi connectivity index (χ3v) is 10.6. The highest BCUT2D eigenvalue weighted by atomic mass is 16.5. The van der Waals surface area contributed by atoms with Gasteiger partial charge >= 0.3 is 5.97 Å². The summed E-state index contributed by atoms with van der Waals surface area (Å²) < 4.78 is 6.49. The molecule has 0 heterocycles. The topological polar surface area (TPSA) is 87.0 Å². The van der Waals surface area contributed by atoms with E-state index in [4.69, 9.17) is 4.74 Å². The number of ether oxygens (including phenoxy) is 1. The minimum absolute atomic E-state index is 0.311. The fourth-order valence-corrected chi connectivity index (χ4v) is 9.11. The van der Waals surface area contributed by atoms with Crippen LogP contribution in [0.1, 0.15) is 77.6 Å². The molecule has 3 N–H and O–H groups in total. The molecule has 4 bridgehead atoms. The number of aliphatic carboxylic acids is 1. The van der Waals surface area contributed by atoms with Crippen LogP contribution in [0.4, 0.5) is 0 Å². The number of benzene rings is 2. The second-order valence-electron chi connectivity index (χ2n) is 13.9.